The summed E-state index contributed by atoms with van der Waals surface area (Å²) >= 11 is 3.88. The van der Waals surface area contributed by atoms with Gasteiger partial charge in [0.25, 0.3) is 11.8 Å². The molecule has 2 aromatic rings. The maximum atomic E-state index is 12.1. The molecule has 0 unspecified atom stereocenters. The number of thioether (sulfide) groups is 2. The summed E-state index contributed by atoms with van der Waals surface area (Å²) in [6.45, 7) is 1.69. The molecular formula is C17H18N2O3S2. The molecule has 1 aliphatic rings. The molecule has 1 aromatic heterocycles. The zero-order valence-electron chi connectivity index (χ0n) is 13.2. The van der Waals surface area contributed by atoms with Gasteiger partial charge in [0.2, 0.25) is 0 Å². The van der Waals surface area contributed by atoms with Crippen LogP contribution in [0.4, 0.5) is 0 Å². The summed E-state index contributed by atoms with van der Waals surface area (Å²) in [4.78, 5) is 24.1. The van der Waals surface area contributed by atoms with E-state index in [1.54, 1.807) is 25.1 Å². The topological polar surface area (TPSA) is 71.3 Å². The minimum atomic E-state index is -0.402. The first-order valence-electron chi connectivity index (χ1n) is 7.63. The lowest BCUT2D eigenvalue weighted by molar-refractivity contribution is 0.0845. The van der Waals surface area contributed by atoms with Crippen molar-refractivity contribution in [2.24, 2.45) is 0 Å². The minimum Gasteiger partial charge on any atom is -0.469 e. The number of amides is 2. The second-order valence-electron chi connectivity index (χ2n) is 5.35. The number of carbonyl (C=O) groups is 2. The fraction of sp³-hybridized carbons (Fsp3) is 0.294. The predicted molar refractivity (Wildman–Crippen MR) is 97.1 cm³/mol. The molecule has 3 rings (SSSR count). The van der Waals surface area contributed by atoms with E-state index in [-0.39, 0.29) is 5.91 Å². The quantitative estimate of drug-likeness (QED) is 0.818. The maximum Gasteiger partial charge on any atom is 0.273 e. The third kappa shape index (κ3) is 3.96. The van der Waals surface area contributed by atoms with Crippen LogP contribution in [0.15, 0.2) is 41.0 Å². The molecule has 0 saturated carbocycles. The lowest BCUT2D eigenvalue weighted by atomic mass is 10.1. The standard InChI is InChI=1S/C17H18N2O3S2/c1-11-14(7-8-22-11)16(21)19-18-15(20)12-3-5-13(6-4-12)17-23-9-2-10-24-17/h3-8,17H,2,9-10H2,1H3,(H,18,20)(H,19,21). The van der Waals surface area contributed by atoms with Gasteiger partial charge in [0.1, 0.15) is 5.76 Å². The molecule has 1 aliphatic heterocycles. The summed E-state index contributed by atoms with van der Waals surface area (Å²) in [6, 6.07) is 9.09. The van der Waals surface area contributed by atoms with Gasteiger partial charge in [0.15, 0.2) is 0 Å². The van der Waals surface area contributed by atoms with Gasteiger partial charge in [-0.05, 0) is 48.6 Å². The van der Waals surface area contributed by atoms with Crippen molar-refractivity contribution < 1.29 is 14.0 Å². The van der Waals surface area contributed by atoms with Crippen molar-refractivity contribution in [3.63, 3.8) is 0 Å². The monoisotopic (exact) mass is 362 g/mol. The first kappa shape index (κ1) is 17.0. The Labute approximate surface area is 148 Å². The van der Waals surface area contributed by atoms with E-state index in [1.165, 1.54) is 29.8 Å². The Hall–Kier alpha value is -1.86. The first-order valence-corrected chi connectivity index (χ1v) is 9.73. The van der Waals surface area contributed by atoms with Crippen molar-refractivity contribution in [1.29, 1.82) is 0 Å². The van der Waals surface area contributed by atoms with Gasteiger partial charge >= 0.3 is 0 Å². The van der Waals surface area contributed by atoms with Crippen molar-refractivity contribution in [3.8, 4) is 0 Å². The van der Waals surface area contributed by atoms with Crippen LogP contribution < -0.4 is 10.9 Å². The van der Waals surface area contributed by atoms with Gasteiger partial charge in [0, 0.05) is 5.56 Å². The first-order chi connectivity index (χ1) is 11.6. The Morgan fingerprint density at radius 3 is 2.33 bits per heavy atom. The molecule has 0 radical (unpaired) electrons. The van der Waals surface area contributed by atoms with E-state index in [2.05, 4.69) is 10.9 Å². The average Bonchev–Trinajstić information content (AvgIpc) is 3.06. The van der Waals surface area contributed by atoms with E-state index in [9.17, 15) is 9.59 Å². The van der Waals surface area contributed by atoms with Crippen LogP contribution in [-0.2, 0) is 0 Å². The van der Waals surface area contributed by atoms with E-state index in [4.69, 9.17) is 4.42 Å². The Bertz CT molecular complexity index is 722. The molecule has 0 bridgehead atoms. The summed E-state index contributed by atoms with van der Waals surface area (Å²) in [6.07, 6.45) is 2.69. The molecule has 0 spiro atoms. The molecule has 24 heavy (non-hydrogen) atoms. The van der Waals surface area contributed by atoms with Crippen molar-refractivity contribution in [2.45, 2.75) is 17.9 Å². The Balaban J connectivity index is 1.57. The lowest BCUT2D eigenvalue weighted by Gasteiger charge is -2.21. The zero-order valence-corrected chi connectivity index (χ0v) is 14.8. The van der Waals surface area contributed by atoms with Crippen molar-refractivity contribution >= 4 is 35.3 Å². The summed E-state index contributed by atoms with van der Waals surface area (Å²) in [7, 11) is 0. The summed E-state index contributed by atoms with van der Waals surface area (Å²) in [5.74, 6) is 2.12. The predicted octanol–water partition coefficient (Wildman–Crippen LogP) is 3.53. The Kier molecular flexibility index (Phi) is 5.52. The van der Waals surface area contributed by atoms with Crippen LogP contribution in [0.5, 0.6) is 0 Å². The molecule has 0 aliphatic carbocycles. The van der Waals surface area contributed by atoms with E-state index < -0.39 is 5.91 Å². The van der Waals surface area contributed by atoms with Crippen molar-refractivity contribution in [2.75, 3.05) is 11.5 Å². The van der Waals surface area contributed by atoms with Gasteiger partial charge in [-0.15, -0.1) is 23.5 Å². The van der Waals surface area contributed by atoms with Gasteiger partial charge in [-0.2, -0.15) is 0 Å². The van der Waals surface area contributed by atoms with Gasteiger partial charge in [-0.25, -0.2) is 0 Å². The molecule has 2 N–H and O–H groups in total. The normalized spacial score (nSPS) is 15.0. The second-order valence-corrected chi connectivity index (χ2v) is 8.07. The Morgan fingerprint density at radius 1 is 1.04 bits per heavy atom. The van der Waals surface area contributed by atoms with E-state index in [1.807, 2.05) is 35.7 Å². The number of benzene rings is 1. The summed E-state index contributed by atoms with van der Waals surface area (Å²) in [5, 5.41) is 0. The average molecular weight is 362 g/mol. The van der Waals surface area contributed by atoms with Crippen LogP contribution in [-0.4, -0.2) is 23.3 Å². The van der Waals surface area contributed by atoms with E-state index in [0.717, 1.165) is 0 Å². The molecule has 2 amide bonds. The number of carbonyl (C=O) groups excluding carboxylic acids is 2. The fourth-order valence-corrected chi connectivity index (χ4v) is 5.24. The Morgan fingerprint density at radius 2 is 1.71 bits per heavy atom. The maximum absolute atomic E-state index is 12.1. The van der Waals surface area contributed by atoms with Crippen LogP contribution >= 0.6 is 23.5 Å². The second kappa shape index (κ2) is 7.81. The highest BCUT2D eigenvalue weighted by molar-refractivity contribution is 8.16. The molecule has 1 saturated heterocycles. The molecular weight excluding hydrogens is 344 g/mol. The van der Waals surface area contributed by atoms with E-state index in [0.29, 0.717) is 21.5 Å². The number of rotatable bonds is 3. The fourth-order valence-electron chi connectivity index (χ4n) is 2.35. The molecule has 126 valence electrons. The number of furan rings is 1. The zero-order chi connectivity index (χ0) is 16.9. The van der Waals surface area contributed by atoms with Gasteiger partial charge in [-0.1, -0.05) is 12.1 Å². The SMILES string of the molecule is Cc1occc1C(=O)NNC(=O)c1ccc(C2SCCCS2)cc1. The molecule has 0 atom stereocenters. The summed E-state index contributed by atoms with van der Waals surface area (Å²) < 4.78 is 5.51. The highest BCUT2D eigenvalue weighted by atomic mass is 32.2. The van der Waals surface area contributed by atoms with Crippen LogP contribution in [0.25, 0.3) is 0 Å². The number of nitrogens with one attached hydrogen (secondary N) is 2. The summed E-state index contributed by atoms with van der Waals surface area (Å²) in [5.41, 5.74) is 6.95. The van der Waals surface area contributed by atoms with Crippen molar-refractivity contribution in [3.05, 3.63) is 59.0 Å². The number of hydrazine groups is 1. The largest absolute Gasteiger partial charge is 0.469 e. The smallest absolute Gasteiger partial charge is 0.273 e. The van der Waals surface area contributed by atoms with Crippen LogP contribution in [0, 0.1) is 6.92 Å². The number of aryl methyl sites for hydroxylation is 1. The highest BCUT2D eigenvalue weighted by Gasteiger charge is 2.17. The van der Waals surface area contributed by atoms with Gasteiger partial charge in [0.05, 0.1) is 16.4 Å². The minimum absolute atomic E-state index is 0.347. The van der Waals surface area contributed by atoms with Crippen LogP contribution in [0.2, 0.25) is 0 Å². The lowest BCUT2D eigenvalue weighted by Crippen LogP contribution is -2.41. The van der Waals surface area contributed by atoms with Crippen LogP contribution in [0.1, 0.15) is 43.0 Å². The van der Waals surface area contributed by atoms with Crippen molar-refractivity contribution in [1.82, 2.24) is 10.9 Å². The molecule has 1 fully saturated rings. The van der Waals surface area contributed by atoms with Gasteiger partial charge in [-0.3, -0.25) is 20.4 Å². The third-order valence-corrected chi connectivity index (χ3v) is 6.68. The highest BCUT2D eigenvalue weighted by Crippen LogP contribution is 2.43. The third-order valence-electron chi connectivity index (χ3n) is 3.67. The van der Waals surface area contributed by atoms with E-state index >= 15 is 0 Å². The molecule has 1 aromatic carbocycles. The van der Waals surface area contributed by atoms with Crippen LogP contribution in [0.3, 0.4) is 0 Å². The number of hydrogen-bond donors (Lipinski definition) is 2. The van der Waals surface area contributed by atoms with Gasteiger partial charge < -0.3 is 4.42 Å². The molecule has 7 heteroatoms. The molecule has 2 heterocycles. The number of hydrogen-bond acceptors (Lipinski definition) is 5. The molecule has 5 nitrogen and oxygen atoms in total.